The molecule has 0 bridgehead atoms. The second kappa shape index (κ2) is 7.16. The molecule has 0 radical (unpaired) electrons. The number of hydrogen-bond acceptors (Lipinski definition) is 2. The van der Waals surface area contributed by atoms with E-state index >= 15 is 0 Å². The lowest BCUT2D eigenvalue weighted by Crippen LogP contribution is -2.30. The molecule has 21 heavy (non-hydrogen) atoms. The molecule has 0 spiro atoms. The van der Waals surface area contributed by atoms with Gasteiger partial charge in [-0.15, -0.1) is 0 Å². The molecule has 2 N–H and O–H groups in total. The summed E-state index contributed by atoms with van der Waals surface area (Å²) in [6.07, 6.45) is 0. The first-order valence-corrected chi connectivity index (χ1v) is 7.71. The normalized spacial score (nSPS) is 12.7. The molecule has 112 valence electrons. The minimum Gasteiger partial charge on any atom is -0.329 e. The van der Waals surface area contributed by atoms with Gasteiger partial charge in [-0.3, -0.25) is 4.90 Å². The van der Waals surface area contributed by atoms with Gasteiger partial charge in [0, 0.05) is 23.6 Å². The van der Waals surface area contributed by atoms with Gasteiger partial charge in [-0.05, 0) is 48.9 Å². The standard InChI is InChI=1S/C17H20BrFN2/c1-12-6-7-15(16(18)8-12)17(10-20)21(2)11-13-4-3-5-14(19)9-13/h3-9,17H,10-11,20H2,1-2H3. The van der Waals surface area contributed by atoms with Crippen molar-refractivity contribution in [1.82, 2.24) is 4.90 Å². The van der Waals surface area contributed by atoms with Crippen LogP contribution in [0, 0.1) is 12.7 Å². The van der Waals surface area contributed by atoms with Crippen LogP contribution in [0.1, 0.15) is 22.7 Å². The fraction of sp³-hybridized carbons (Fsp3) is 0.294. The molecule has 0 heterocycles. The maximum atomic E-state index is 13.3. The fourth-order valence-corrected chi connectivity index (χ4v) is 3.24. The van der Waals surface area contributed by atoms with Crippen LogP contribution in [0.25, 0.3) is 0 Å². The van der Waals surface area contributed by atoms with E-state index < -0.39 is 0 Å². The molecule has 2 aromatic rings. The predicted octanol–water partition coefficient (Wildman–Crippen LogP) is 4.03. The molecule has 0 aliphatic heterocycles. The Morgan fingerprint density at radius 3 is 2.62 bits per heavy atom. The van der Waals surface area contributed by atoms with Crippen LogP contribution in [0.15, 0.2) is 46.9 Å². The second-order valence-corrected chi connectivity index (χ2v) is 6.18. The van der Waals surface area contributed by atoms with Gasteiger partial charge in [0.15, 0.2) is 0 Å². The summed E-state index contributed by atoms with van der Waals surface area (Å²) in [5, 5.41) is 0. The minimum absolute atomic E-state index is 0.0863. The van der Waals surface area contributed by atoms with Crippen LogP contribution in [-0.2, 0) is 6.54 Å². The monoisotopic (exact) mass is 350 g/mol. The zero-order valence-electron chi connectivity index (χ0n) is 12.3. The van der Waals surface area contributed by atoms with E-state index in [2.05, 4.69) is 46.0 Å². The van der Waals surface area contributed by atoms with Gasteiger partial charge in [0.25, 0.3) is 0 Å². The first-order chi connectivity index (χ1) is 10.0. The maximum Gasteiger partial charge on any atom is 0.123 e. The molecular weight excluding hydrogens is 331 g/mol. The highest BCUT2D eigenvalue weighted by molar-refractivity contribution is 9.10. The summed E-state index contributed by atoms with van der Waals surface area (Å²) in [5.74, 6) is -0.207. The molecule has 0 fully saturated rings. The van der Waals surface area contributed by atoms with Crippen LogP contribution >= 0.6 is 15.9 Å². The predicted molar refractivity (Wildman–Crippen MR) is 88.5 cm³/mol. The summed E-state index contributed by atoms with van der Waals surface area (Å²) >= 11 is 3.61. The van der Waals surface area contributed by atoms with E-state index in [1.807, 2.05) is 13.1 Å². The number of hydrogen-bond donors (Lipinski definition) is 1. The second-order valence-electron chi connectivity index (χ2n) is 5.32. The Bertz CT molecular complexity index is 615. The summed E-state index contributed by atoms with van der Waals surface area (Å²) in [4.78, 5) is 2.14. The van der Waals surface area contributed by atoms with E-state index in [9.17, 15) is 4.39 Å². The molecule has 2 aromatic carbocycles. The maximum absolute atomic E-state index is 13.3. The minimum atomic E-state index is -0.207. The van der Waals surface area contributed by atoms with Crippen molar-refractivity contribution in [3.05, 3.63) is 69.4 Å². The van der Waals surface area contributed by atoms with Crippen molar-refractivity contribution in [2.24, 2.45) is 5.73 Å². The molecule has 2 rings (SSSR count). The number of aryl methyl sites for hydroxylation is 1. The highest BCUT2D eigenvalue weighted by Gasteiger charge is 2.18. The molecule has 0 aliphatic carbocycles. The number of rotatable bonds is 5. The zero-order valence-corrected chi connectivity index (χ0v) is 13.9. The van der Waals surface area contributed by atoms with Crippen LogP contribution in [0.4, 0.5) is 4.39 Å². The Morgan fingerprint density at radius 2 is 2.00 bits per heavy atom. The van der Waals surface area contributed by atoms with Crippen molar-refractivity contribution in [2.45, 2.75) is 19.5 Å². The van der Waals surface area contributed by atoms with Gasteiger partial charge in [-0.1, -0.05) is 40.2 Å². The quantitative estimate of drug-likeness (QED) is 0.881. The molecule has 0 amide bonds. The average Bonchev–Trinajstić information content (AvgIpc) is 2.42. The van der Waals surface area contributed by atoms with Gasteiger partial charge < -0.3 is 5.73 Å². The molecule has 0 saturated heterocycles. The molecule has 1 atom stereocenters. The SMILES string of the molecule is Cc1ccc(C(CN)N(C)Cc2cccc(F)c2)c(Br)c1. The van der Waals surface area contributed by atoms with E-state index in [4.69, 9.17) is 5.73 Å². The third-order valence-corrected chi connectivity index (χ3v) is 4.28. The van der Waals surface area contributed by atoms with Gasteiger partial charge in [0.05, 0.1) is 0 Å². The van der Waals surface area contributed by atoms with Crippen molar-refractivity contribution in [3.63, 3.8) is 0 Å². The number of likely N-dealkylation sites (N-methyl/N-ethyl adjacent to an activating group) is 1. The van der Waals surface area contributed by atoms with E-state index in [0.717, 1.165) is 15.6 Å². The van der Waals surface area contributed by atoms with Gasteiger partial charge in [-0.2, -0.15) is 0 Å². The van der Waals surface area contributed by atoms with Gasteiger partial charge >= 0.3 is 0 Å². The number of nitrogens with two attached hydrogens (primary N) is 1. The van der Waals surface area contributed by atoms with Crippen molar-refractivity contribution >= 4 is 15.9 Å². The molecule has 1 unspecified atom stereocenters. The molecule has 0 saturated carbocycles. The Hall–Kier alpha value is -1.23. The first kappa shape index (κ1) is 16.1. The lowest BCUT2D eigenvalue weighted by molar-refractivity contribution is 0.241. The van der Waals surface area contributed by atoms with Crippen molar-refractivity contribution in [1.29, 1.82) is 0 Å². The van der Waals surface area contributed by atoms with Crippen LogP contribution in [0.3, 0.4) is 0 Å². The van der Waals surface area contributed by atoms with E-state index in [1.165, 1.54) is 11.6 Å². The number of nitrogens with zero attached hydrogens (tertiary/aromatic N) is 1. The Kier molecular flexibility index (Phi) is 5.51. The lowest BCUT2D eigenvalue weighted by Gasteiger charge is -2.28. The Labute approximate surface area is 133 Å². The summed E-state index contributed by atoms with van der Waals surface area (Å²) in [6.45, 7) is 3.22. The van der Waals surface area contributed by atoms with E-state index in [1.54, 1.807) is 12.1 Å². The van der Waals surface area contributed by atoms with Crippen LogP contribution in [0.5, 0.6) is 0 Å². The largest absolute Gasteiger partial charge is 0.329 e. The van der Waals surface area contributed by atoms with Crippen LogP contribution in [0.2, 0.25) is 0 Å². The summed E-state index contributed by atoms with van der Waals surface area (Å²) in [7, 11) is 2.01. The number of halogens is 2. The third-order valence-electron chi connectivity index (χ3n) is 3.59. The molecule has 2 nitrogen and oxygen atoms in total. The number of benzene rings is 2. The summed E-state index contributed by atoms with van der Waals surface area (Å²) in [5.41, 5.74) is 9.26. The average molecular weight is 351 g/mol. The summed E-state index contributed by atoms with van der Waals surface area (Å²) in [6, 6.07) is 13.0. The smallest absolute Gasteiger partial charge is 0.123 e. The molecule has 0 aromatic heterocycles. The molecular formula is C17H20BrFN2. The fourth-order valence-electron chi connectivity index (χ4n) is 2.48. The molecule has 0 aliphatic rings. The summed E-state index contributed by atoms with van der Waals surface area (Å²) < 4.78 is 14.3. The lowest BCUT2D eigenvalue weighted by atomic mass is 10.0. The van der Waals surface area contributed by atoms with Gasteiger partial charge in [0.2, 0.25) is 0 Å². The van der Waals surface area contributed by atoms with E-state index in [-0.39, 0.29) is 11.9 Å². The Morgan fingerprint density at radius 1 is 1.24 bits per heavy atom. The van der Waals surface area contributed by atoms with Crippen molar-refractivity contribution in [3.8, 4) is 0 Å². The Balaban J connectivity index is 2.20. The van der Waals surface area contributed by atoms with Crippen molar-refractivity contribution < 1.29 is 4.39 Å². The highest BCUT2D eigenvalue weighted by atomic mass is 79.9. The van der Waals surface area contributed by atoms with Crippen LogP contribution in [-0.4, -0.2) is 18.5 Å². The van der Waals surface area contributed by atoms with Gasteiger partial charge in [-0.25, -0.2) is 4.39 Å². The highest BCUT2D eigenvalue weighted by Crippen LogP contribution is 2.28. The third kappa shape index (κ3) is 4.13. The molecule has 4 heteroatoms. The van der Waals surface area contributed by atoms with Gasteiger partial charge in [0.1, 0.15) is 5.82 Å². The van der Waals surface area contributed by atoms with Crippen LogP contribution < -0.4 is 5.73 Å². The van der Waals surface area contributed by atoms with Crippen molar-refractivity contribution in [2.75, 3.05) is 13.6 Å². The topological polar surface area (TPSA) is 29.3 Å². The first-order valence-electron chi connectivity index (χ1n) is 6.92. The van der Waals surface area contributed by atoms with E-state index in [0.29, 0.717) is 13.1 Å². The zero-order chi connectivity index (χ0) is 15.4.